The van der Waals surface area contributed by atoms with Crippen LogP contribution in [0.1, 0.15) is 17.1 Å². The molecule has 0 fully saturated rings. The summed E-state index contributed by atoms with van der Waals surface area (Å²) in [5.74, 6) is -0.335. The lowest BCUT2D eigenvalue weighted by Gasteiger charge is -2.15. The molecule has 1 aliphatic heterocycles. The first kappa shape index (κ1) is 11.1. The van der Waals surface area contributed by atoms with Gasteiger partial charge < -0.3 is 9.72 Å². The number of aromatic nitrogens is 2. The van der Waals surface area contributed by atoms with E-state index in [1.807, 2.05) is 0 Å². The van der Waals surface area contributed by atoms with Crippen LogP contribution in [0.25, 0.3) is 0 Å². The van der Waals surface area contributed by atoms with E-state index in [4.69, 9.17) is 4.74 Å². The molecule has 4 nitrogen and oxygen atoms in total. The molecule has 7 heteroatoms. The third-order valence-corrected chi connectivity index (χ3v) is 2.25. The van der Waals surface area contributed by atoms with E-state index in [0.29, 0.717) is 24.3 Å². The maximum Gasteiger partial charge on any atom is 0.396 e. The second kappa shape index (κ2) is 3.89. The van der Waals surface area contributed by atoms with E-state index in [2.05, 4.69) is 9.97 Å². The summed E-state index contributed by atoms with van der Waals surface area (Å²) in [6.07, 6.45) is -5.20. The highest BCUT2D eigenvalue weighted by Crippen LogP contribution is 2.19. The molecule has 1 aromatic heterocycles. The minimum Gasteiger partial charge on any atom is -0.376 e. The Kier molecular flexibility index (Phi) is 2.71. The van der Waals surface area contributed by atoms with Gasteiger partial charge in [-0.2, -0.15) is 13.2 Å². The average Bonchev–Trinajstić information content (AvgIpc) is 2.15. The van der Waals surface area contributed by atoms with Gasteiger partial charge in [0, 0.05) is 6.42 Å². The van der Waals surface area contributed by atoms with Crippen LogP contribution >= 0.6 is 0 Å². The van der Waals surface area contributed by atoms with Crippen molar-refractivity contribution in [2.75, 3.05) is 6.61 Å². The first-order chi connectivity index (χ1) is 7.46. The molecule has 2 rings (SSSR count). The Morgan fingerprint density at radius 1 is 1.44 bits per heavy atom. The highest BCUT2D eigenvalue weighted by Gasteiger charge is 2.30. The number of hydrogen-bond donors (Lipinski definition) is 1. The van der Waals surface area contributed by atoms with Gasteiger partial charge in [-0.15, -0.1) is 0 Å². The average molecular weight is 234 g/mol. The zero-order valence-electron chi connectivity index (χ0n) is 8.23. The molecule has 0 bridgehead atoms. The third-order valence-electron chi connectivity index (χ3n) is 2.25. The molecule has 0 radical (unpaired) electrons. The molecule has 1 aliphatic rings. The highest BCUT2D eigenvalue weighted by molar-refractivity contribution is 5.19. The molecular weight excluding hydrogens is 225 g/mol. The normalized spacial score (nSPS) is 15.9. The van der Waals surface area contributed by atoms with Crippen LogP contribution in [0.5, 0.6) is 0 Å². The van der Waals surface area contributed by atoms with Gasteiger partial charge in [-0.1, -0.05) is 0 Å². The quantitative estimate of drug-likeness (QED) is 0.787. The molecular formula is C9H9F3N2O2. The van der Waals surface area contributed by atoms with Gasteiger partial charge >= 0.3 is 6.18 Å². The number of H-pyrrole nitrogens is 1. The van der Waals surface area contributed by atoms with Crippen LogP contribution < -0.4 is 5.56 Å². The second-order valence-corrected chi connectivity index (χ2v) is 3.53. The summed E-state index contributed by atoms with van der Waals surface area (Å²) < 4.78 is 41.4. The van der Waals surface area contributed by atoms with Crippen molar-refractivity contribution in [3.05, 3.63) is 27.4 Å². The molecule has 0 spiro atoms. The van der Waals surface area contributed by atoms with Crippen LogP contribution in [0, 0.1) is 0 Å². The van der Waals surface area contributed by atoms with Gasteiger partial charge in [0.2, 0.25) is 0 Å². The minimum absolute atomic E-state index is 0.115. The predicted octanol–water partition coefficient (Wildman–Crippen LogP) is 0.947. The molecule has 0 aromatic carbocycles. The molecule has 0 atom stereocenters. The molecule has 0 unspecified atom stereocenters. The number of alkyl halides is 3. The molecule has 1 N–H and O–H groups in total. The van der Waals surface area contributed by atoms with Crippen molar-refractivity contribution in [3.8, 4) is 0 Å². The monoisotopic (exact) mass is 234 g/mol. The Bertz CT molecular complexity index is 453. The molecule has 0 amide bonds. The Morgan fingerprint density at radius 2 is 2.19 bits per heavy atom. The Balaban J connectivity index is 2.36. The lowest BCUT2D eigenvalue weighted by Crippen LogP contribution is -2.27. The highest BCUT2D eigenvalue weighted by atomic mass is 19.4. The van der Waals surface area contributed by atoms with Crippen LogP contribution in [0.3, 0.4) is 0 Å². The number of halogens is 3. The van der Waals surface area contributed by atoms with Crippen molar-refractivity contribution in [3.63, 3.8) is 0 Å². The molecule has 0 saturated carbocycles. The first-order valence-corrected chi connectivity index (χ1v) is 4.71. The van der Waals surface area contributed by atoms with Gasteiger partial charge in [0.05, 0.1) is 24.5 Å². The van der Waals surface area contributed by atoms with E-state index in [1.165, 1.54) is 0 Å². The smallest absolute Gasteiger partial charge is 0.376 e. The van der Waals surface area contributed by atoms with Crippen LogP contribution in [0.2, 0.25) is 0 Å². The Labute approximate surface area is 88.5 Å². The summed E-state index contributed by atoms with van der Waals surface area (Å²) in [4.78, 5) is 17.4. The van der Waals surface area contributed by atoms with Crippen LogP contribution in [0.15, 0.2) is 4.79 Å². The van der Waals surface area contributed by atoms with E-state index in [-0.39, 0.29) is 12.4 Å². The molecule has 88 valence electrons. The zero-order chi connectivity index (χ0) is 11.8. The van der Waals surface area contributed by atoms with E-state index >= 15 is 0 Å². The summed E-state index contributed by atoms with van der Waals surface area (Å²) in [6.45, 7) is 0.499. The van der Waals surface area contributed by atoms with E-state index in [1.54, 1.807) is 0 Å². The fraction of sp³-hybridized carbons (Fsp3) is 0.556. The van der Waals surface area contributed by atoms with Crippen LogP contribution in [-0.4, -0.2) is 22.8 Å². The van der Waals surface area contributed by atoms with Gasteiger partial charge in [-0.05, 0) is 0 Å². The summed E-state index contributed by atoms with van der Waals surface area (Å²) in [5.41, 5.74) is 0.204. The van der Waals surface area contributed by atoms with Crippen molar-refractivity contribution < 1.29 is 17.9 Å². The van der Waals surface area contributed by atoms with Gasteiger partial charge in [0.25, 0.3) is 5.56 Å². The van der Waals surface area contributed by atoms with Gasteiger partial charge in [0.15, 0.2) is 0 Å². The van der Waals surface area contributed by atoms with E-state index in [0.717, 1.165) is 0 Å². The van der Waals surface area contributed by atoms with Crippen molar-refractivity contribution in [2.45, 2.75) is 25.6 Å². The van der Waals surface area contributed by atoms with Gasteiger partial charge in [-0.25, -0.2) is 4.98 Å². The van der Waals surface area contributed by atoms with Crippen LogP contribution in [-0.2, 0) is 24.2 Å². The SMILES string of the molecule is O=c1[nH]c(CC(F)(F)F)nc2c1COCC2. The van der Waals surface area contributed by atoms with E-state index in [9.17, 15) is 18.0 Å². The number of nitrogens with one attached hydrogen (secondary N) is 1. The van der Waals surface area contributed by atoms with Crippen molar-refractivity contribution >= 4 is 0 Å². The fourth-order valence-electron chi connectivity index (χ4n) is 1.57. The first-order valence-electron chi connectivity index (χ1n) is 4.71. The Morgan fingerprint density at radius 3 is 2.88 bits per heavy atom. The lowest BCUT2D eigenvalue weighted by atomic mass is 10.1. The van der Waals surface area contributed by atoms with Crippen molar-refractivity contribution in [1.82, 2.24) is 9.97 Å². The summed E-state index contributed by atoms with van der Waals surface area (Å²) in [7, 11) is 0. The molecule has 0 saturated heterocycles. The van der Waals surface area contributed by atoms with Gasteiger partial charge in [-0.3, -0.25) is 4.79 Å². The number of rotatable bonds is 1. The summed E-state index contributed by atoms with van der Waals surface area (Å²) in [6, 6.07) is 0. The predicted molar refractivity (Wildman–Crippen MR) is 48.0 cm³/mol. The summed E-state index contributed by atoms with van der Waals surface area (Å²) in [5, 5.41) is 0. The number of hydrogen-bond acceptors (Lipinski definition) is 3. The number of aromatic amines is 1. The number of fused-ring (bicyclic) bond motifs is 1. The van der Waals surface area contributed by atoms with Crippen molar-refractivity contribution in [2.24, 2.45) is 0 Å². The fourth-order valence-corrected chi connectivity index (χ4v) is 1.57. The largest absolute Gasteiger partial charge is 0.396 e. The third kappa shape index (κ3) is 2.41. The van der Waals surface area contributed by atoms with Gasteiger partial charge in [0.1, 0.15) is 12.2 Å². The summed E-state index contributed by atoms with van der Waals surface area (Å²) >= 11 is 0. The molecule has 0 aliphatic carbocycles. The second-order valence-electron chi connectivity index (χ2n) is 3.53. The Hall–Kier alpha value is -1.37. The minimum atomic E-state index is -4.37. The van der Waals surface area contributed by atoms with Crippen molar-refractivity contribution in [1.29, 1.82) is 0 Å². The number of ether oxygens (including phenoxy) is 1. The maximum atomic E-state index is 12.1. The lowest BCUT2D eigenvalue weighted by molar-refractivity contribution is -0.128. The standard InChI is InChI=1S/C9H9F3N2O2/c10-9(11,12)3-7-13-6-1-2-16-4-5(6)8(15)14-7/h1-4H2,(H,13,14,15). The maximum absolute atomic E-state index is 12.1. The topological polar surface area (TPSA) is 55.0 Å². The molecule has 2 heterocycles. The van der Waals surface area contributed by atoms with Crippen LogP contribution in [0.4, 0.5) is 13.2 Å². The number of nitrogens with zero attached hydrogens (tertiary/aromatic N) is 1. The van der Waals surface area contributed by atoms with E-state index < -0.39 is 18.2 Å². The zero-order valence-corrected chi connectivity index (χ0v) is 8.23. The molecule has 16 heavy (non-hydrogen) atoms. The molecule has 1 aromatic rings.